The highest BCUT2D eigenvalue weighted by atomic mass is 16.3. The molecule has 2 N–H and O–H groups in total. The average molecular weight is 263 g/mol. The van der Waals surface area contributed by atoms with E-state index in [0.29, 0.717) is 24.5 Å². The first-order valence-corrected chi connectivity index (χ1v) is 6.77. The van der Waals surface area contributed by atoms with Crippen molar-refractivity contribution in [3.05, 3.63) is 23.9 Å². The molecule has 2 heterocycles. The molecule has 0 radical (unpaired) electrons. The zero-order chi connectivity index (χ0) is 13.8. The summed E-state index contributed by atoms with van der Waals surface area (Å²) in [5.41, 5.74) is 0.574. The van der Waals surface area contributed by atoms with Crippen molar-refractivity contribution in [1.82, 2.24) is 9.88 Å². The minimum atomic E-state index is -0.407. The average Bonchev–Trinajstić information content (AvgIpc) is 2.38. The predicted octanol–water partition coefficient (Wildman–Crippen LogP) is 1.50. The highest BCUT2D eigenvalue weighted by molar-refractivity contribution is 5.98. The first-order chi connectivity index (χ1) is 9.08. The number of nitrogens with one attached hydrogen (secondary N) is 1. The van der Waals surface area contributed by atoms with E-state index in [4.69, 9.17) is 0 Å². The van der Waals surface area contributed by atoms with Gasteiger partial charge in [0.1, 0.15) is 5.82 Å². The Kier molecular flexibility index (Phi) is 4.37. The molecule has 1 aliphatic rings. The number of aliphatic hydroxyl groups is 1. The lowest BCUT2D eigenvalue weighted by Gasteiger charge is -2.30. The Morgan fingerprint density at radius 1 is 1.58 bits per heavy atom. The molecule has 1 amide bonds. The van der Waals surface area contributed by atoms with Crippen LogP contribution in [0, 0.1) is 0 Å². The third-order valence-corrected chi connectivity index (χ3v) is 3.15. The number of amides is 1. The van der Waals surface area contributed by atoms with Gasteiger partial charge >= 0.3 is 0 Å². The third kappa shape index (κ3) is 3.44. The summed E-state index contributed by atoms with van der Waals surface area (Å²) in [6.45, 7) is 5.13. The second kappa shape index (κ2) is 6.02. The Balaban J connectivity index is 2.18. The van der Waals surface area contributed by atoms with Crippen molar-refractivity contribution in [2.75, 3.05) is 18.4 Å². The van der Waals surface area contributed by atoms with Gasteiger partial charge < -0.3 is 15.3 Å². The largest absolute Gasteiger partial charge is 0.391 e. The third-order valence-electron chi connectivity index (χ3n) is 3.15. The molecule has 19 heavy (non-hydrogen) atoms. The van der Waals surface area contributed by atoms with E-state index in [1.807, 2.05) is 13.8 Å². The van der Waals surface area contributed by atoms with Crippen LogP contribution in [0.4, 0.5) is 5.82 Å². The van der Waals surface area contributed by atoms with Crippen molar-refractivity contribution in [1.29, 1.82) is 0 Å². The number of piperidine rings is 1. The Morgan fingerprint density at radius 2 is 2.37 bits per heavy atom. The molecule has 1 unspecified atom stereocenters. The zero-order valence-corrected chi connectivity index (χ0v) is 11.5. The fourth-order valence-electron chi connectivity index (χ4n) is 2.28. The monoisotopic (exact) mass is 263 g/mol. The van der Waals surface area contributed by atoms with E-state index in [-0.39, 0.29) is 11.9 Å². The number of carbonyl (C=O) groups excluding carboxylic acids is 1. The molecule has 2 rings (SSSR count). The maximum absolute atomic E-state index is 12.5. The van der Waals surface area contributed by atoms with Crippen molar-refractivity contribution >= 4 is 11.7 Å². The predicted molar refractivity (Wildman–Crippen MR) is 74.1 cm³/mol. The normalized spacial score (nSPS) is 19.6. The number of carbonyl (C=O) groups is 1. The van der Waals surface area contributed by atoms with Crippen molar-refractivity contribution in [3.8, 4) is 0 Å². The lowest BCUT2D eigenvalue weighted by molar-refractivity contribution is 0.0474. The first kappa shape index (κ1) is 13.8. The molecule has 1 saturated heterocycles. The summed E-state index contributed by atoms with van der Waals surface area (Å²) in [6, 6.07) is 3.76. The molecule has 0 spiro atoms. The van der Waals surface area contributed by atoms with Crippen LogP contribution in [-0.2, 0) is 0 Å². The van der Waals surface area contributed by atoms with E-state index in [2.05, 4.69) is 10.3 Å². The van der Waals surface area contributed by atoms with Crippen molar-refractivity contribution in [2.45, 2.75) is 38.8 Å². The zero-order valence-electron chi connectivity index (χ0n) is 11.5. The Labute approximate surface area is 113 Å². The van der Waals surface area contributed by atoms with Crippen molar-refractivity contribution in [2.24, 2.45) is 0 Å². The fraction of sp³-hybridized carbons (Fsp3) is 0.571. The van der Waals surface area contributed by atoms with Gasteiger partial charge in [0.25, 0.3) is 5.91 Å². The Hall–Kier alpha value is -1.62. The van der Waals surface area contributed by atoms with Crippen LogP contribution < -0.4 is 5.32 Å². The molecule has 0 aliphatic carbocycles. The molecule has 0 bridgehead atoms. The number of rotatable bonds is 3. The van der Waals surface area contributed by atoms with Gasteiger partial charge in [0.05, 0.1) is 11.7 Å². The number of nitrogens with zero attached hydrogens (tertiary/aromatic N) is 2. The minimum absolute atomic E-state index is 0.0602. The molecule has 1 fully saturated rings. The number of likely N-dealkylation sites (tertiary alicyclic amines) is 1. The van der Waals surface area contributed by atoms with E-state index in [9.17, 15) is 9.90 Å². The Bertz CT molecular complexity index is 448. The van der Waals surface area contributed by atoms with Crippen LogP contribution in [-0.4, -0.2) is 46.1 Å². The van der Waals surface area contributed by atoms with Crippen LogP contribution >= 0.6 is 0 Å². The number of anilines is 1. The van der Waals surface area contributed by atoms with Gasteiger partial charge in [0.15, 0.2) is 0 Å². The molecule has 1 aliphatic heterocycles. The molecule has 1 atom stereocenters. The van der Waals surface area contributed by atoms with Gasteiger partial charge in [-0.25, -0.2) is 4.98 Å². The van der Waals surface area contributed by atoms with Gasteiger partial charge in [-0.2, -0.15) is 0 Å². The highest BCUT2D eigenvalue weighted by Crippen LogP contribution is 2.18. The summed E-state index contributed by atoms with van der Waals surface area (Å²) in [5.74, 6) is 0.553. The van der Waals surface area contributed by atoms with Gasteiger partial charge in [-0.3, -0.25) is 4.79 Å². The number of β-amino-alcohol motifs (C(OH)–C–C–N with tert-alkyl or cyclic N) is 1. The van der Waals surface area contributed by atoms with E-state index in [1.54, 1.807) is 23.2 Å². The summed E-state index contributed by atoms with van der Waals surface area (Å²) in [5, 5.41) is 12.8. The number of aromatic nitrogens is 1. The first-order valence-electron chi connectivity index (χ1n) is 6.77. The van der Waals surface area contributed by atoms with E-state index < -0.39 is 6.10 Å². The molecule has 1 aromatic rings. The molecular formula is C14H21N3O2. The van der Waals surface area contributed by atoms with Gasteiger partial charge in [0, 0.05) is 25.3 Å². The number of pyridine rings is 1. The van der Waals surface area contributed by atoms with E-state index in [1.165, 1.54) is 0 Å². The molecule has 5 heteroatoms. The van der Waals surface area contributed by atoms with Gasteiger partial charge in [-0.1, -0.05) is 0 Å². The molecule has 5 nitrogen and oxygen atoms in total. The summed E-state index contributed by atoms with van der Waals surface area (Å²) >= 11 is 0. The molecule has 104 valence electrons. The maximum Gasteiger partial charge on any atom is 0.257 e. The molecular weight excluding hydrogens is 242 g/mol. The highest BCUT2D eigenvalue weighted by Gasteiger charge is 2.25. The summed E-state index contributed by atoms with van der Waals surface area (Å²) in [6.07, 6.45) is 2.89. The van der Waals surface area contributed by atoms with Gasteiger partial charge in [0.2, 0.25) is 0 Å². The van der Waals surface area contributed by atoms with Crippen LogP contribution in [0.15, 0.2) is 18.3 Å². The summed E-state index contributed by atoms with van der Waals surface area (Å²) in [7, 11) is 0. The quantitative estimate of drug-likeness (QED) is 0.867. The summed E-state index contributed by atoms with van der Waals surface area (Å²) < 4.78 is 0. The summed E-state index contributed by atoms with van der Waals surface area (Å²) in [4.78, 5) is 18.4. The van der Waals surface area contributed by atoms with Crippen molar-refractivity contribution < 1.29 is 9.90 Å². The minimum Gasteiger partial charge on any atom is -0.391 e. The number of hydrogen-bond acceptors (Lipinski definition) is 4. The SMILES string of the molecule is CC(C)Nc1ncccc1C(=O)N1CCCC(O)C1. The fourth-order valence-corrected chi connectivity index (χ4v) is 2.28. The molecule has 0 aromatic carbocycles. The van der Waals surface area contributed by atoms with E-state index in [0.717, 1.165) is 12.8 Å². The van der Waals surface area contributed by atoms with Crippen LogP contribution in [0.25, 0.3) is 0 Å². The topological polar surface area (TPSA) is 65.5 Å². The van der Waals surface area contributed by atoms with Crippen LogP contribution in [0.1, 0.15) is 37.0 Å². The smallest absolute Gasteiger partial charge is 0.257 e. The number of aliphatic hydroxyl groups excluding tert-OH is 1. The lowest BCUT2D eigenvalue weighted by atomic mass is 10.1. The Morgan fingerprint density at radius 3 is 3.05 bits per heavy atom. The van der Waals surface area contributed by atoms with Crippen LogP contribution in [0.5, 0.6) is 0 Å². The molecule has 0 saturated carbocycles. The lowest BCUT2D eigenvalue weighted by Crippen LogP contribution is -2.42. The second-order valence-electron chi connectivity index (χ2n) is 5.25. The van der Waals surface area contributed by atoms with Crippen LogP contribution in [0.3, 0.4) is 0 Å². The van der Waals surface area contributed by atoms with Gasteiger partial charge in [-0.05, 0) is 38.8 Å². The van der Waals surface area contributed by atoms with Crippen molar-refractivity contribution in [3.63, 3.8) is 0 Å². The molecule has 1 aromatic heterocycles. The second-order valence-corrected chi connectivity index (χ2v) is 5.25. The maximum atomic E-state index is 12.5. The van der Waals surface area contributed by atoms with E-state index >= 15 is 0 Å². The van der Waals surface area contributed by atoms with Crippen LogP contribution in [0.2, 0.25) is 0 Å². The van der Waals surface area contributed by atoms with Gasteiger partial charge in [-0.15, -0.1) is 0 Å². The standard InChI is InChI=1S/C14H21N3O2/c1-10(2)16-13-12(6-3-7-15-13)14(19)17-8-4-5-11(18)9-17/h3,6-7,10-11,18H,4-5,8-9H2,1-2H3,(H,15,16). The number of hydrogen-bond donors (Lipinski definition) is 2.